The normalized spacial score (nSPS) is 10.5. The van der Waals surface area contributed by atoms with Crippen LogP contribution in [-0.2, 0) is 6.54 Å². The molecule has 0 unspecified atom stereocenters. The SMILES string of the molecule is O=[N+]([O-])c1cc(I)ccc1NCc1nnc(-c2ccccc2)s1. The predicted octanol–water partition coefficient (Wildman–Crippen LogP) is 4.33. The van der Waals surface area contributed by atoms with Crippen molar-refractivity contribution in [2.75, 3.05) is 5.32 Å². The molecule has 2 aromatic carbocycles. The van der Waals surface area contributed by atoms with Gasteiger partial charge in [0.05, 0.1) is 11.5 Å². The van der Waals surface area contributed by atoms with E-state index in [0.717, 1.165) is 19.1 Å². The molecule has 3 rings (SSSR count). The Bertz CT molecular complexity index is 839. The van der Waals surface area contributed by atoms with Crippen LogP contribution in [0.3, 0.4) is 0 Å². The second kappa shape index (κ2) is 7.01. The summed E-state index contributed by atoms with van der Waals surface area (Å²) in [7, 11) is 0. The van der Waals surface area contributed by atoms with Gasteiger partial charge in [0.25, 0.3) is 5.69 Å². The lowest BCUT2D eigenvalue weighted by Gasteiger charge is -2.05. The third-order valence-corrected chi connectivity index (χ3v) is 4.72. The average Bonchev–Trinajstić information content (AvgIpc) is 3.03. The Morgan fingerprint density at radius 1 is 1.17 bits per heavy atom. The molecule has 6 nitrogen and oxygen atoms in total. The smallest absolute Gasteiger partial charge is 0.293 e. The molecule has 0 aliphatic carbocycles. The van der Waals surface area contributed by atoms with E-state index in [-0.39, 0.29) is 10.6 Å². The summed E-state index contributed by atoms with van der Waals surface area (Å²) in [5.41, 5.74) is 1.55. The van der Waals surface area contributed by atoms with Crippen molar-refractivity contribution >= 4 is 45.3 Å². The van der Waals surface area contributed by atoms with Crippen LogP contribution in [-0.4, -0.2) is 15.1 Å². The molecule has 0 aliphatic rings. The molecule has 1 heterocycles. The van der Waals surface area contributed by atoms with Gasteiger partial charge in [0.2, 0.25) is 0 Å². The maximum Gasteiger partial charge on any atom is 0.293 e. The summed E-state index contributed by atoms with van der Waals surface area (Å²) in [5, 5.41) is 24.1. The van der Waals surface area contributed by atoms with Crippen LogP contribution in [0.1, 0.15) is 5.01 Å². The van der Waals surface area contributed by atoms with Crippen molar-refractivity contribution in [2.45, 2.75) is 6.54 Å². The standard InChI is InChI=1S/C15H11IN4O2S/c16-11-6-7-12(13(8-11)20(21)22)17-9-14-18-19-15(23-14)10-4-2-1-3-5-10/h1-8,17H,9H2. The second-order valence-electron chi connectivity index (χ2n) is 4.64. The lowest BCUT2D eigenvalue weighted by molar-refractivity contribution is -0.384. The molecule has 0 aliphatic heterocycles. The van der Waals surface area contributed by atoms with Crippen molar-refractivity contribution in [1.82, 2.24) is 10.2 Å². The van der Waals surface area contributed by atoms with E-state index in [1.54, 1.807) is 12.1 Å². The maximum absolute atomic E-state index is 11.1. The highest BCUT2D eigenvalue weighted by Crippen LogP contribution is 2.28. The molecule has 0 atom stereocenters. The summed E-state index contributed by atoms with van der Waals surface area (Å²) in [5.74, 6) is 0. The van der Waals surface area contributed by atoms with E-state index >= 15 is 0 Å². The Labute approximate surface area is 149 Å². The monoisotopic (exact) mass is 438 g/mol. The third-order valence-electron chi connectivity index (χ3n) is 3.07. The second-order valence-corrected chi connectivity index (χ2v) is 6.95. The van der Waals surface area contributed by atoms with Crippen molar-refractivity contribution in [3.8, 4) is 10.6 Å². The Hall–Kier alpha value is -2.07. The van der Waals surface area contributed by atoms with Gasteiger partial charge in [0.1, 0.15) is 15.7 Å². The lowest BCUT2D eigenvalue weighted by Crippen LogP contribution is -2.02. The largest absolute Gasteiger partial charge is 0.373 e. The molecule has 1 aromatic heterocycles. The lowest BCUT2D eigenvalue weighted by atomic mass is 10.2. The first kappa shape index (κ1) is 15.8. The minimum Gasteiger partial charge on any atom is -0.373 e. The molecular formula is C15H11IN4O2S. The van der Waals surface area contributed by atoms with Gasteiger partial charge in [-0.1, -0.05) is 41.7 Å². The quantitative estimate of drug-likeness (QED) is 0.365. The van der Waals surface area contributed by atoms with Crippen LogP contribution < -0.4 is 5.32 Å². The van der Waals surface area contributed by atoms with Crippen molar-refractivity contribution < 1.29 is 4.92 Å². The first-order valence-corrected chi connectivity index (χ1v) is 8.58. The molecule has 3 aromatic rings. The van der Waals surface area contributed by atoms with Crippen LogP contribution in [0.2, 0.25) is 0 Å². The van der Waals surface area contributed by atoms with E-state index in [9.17, 15) is 10.1 Å². The summed E-state index contributed by atoms with van der Waals surface area (Å²) in [6, 6.07) is 14.9. The van der Waals surface area contributed by atoms with Gasteiger partial charge in [-0.05, 0) is 34.7 Å². The summed E-state index contributed by atoms with van der Waals surface area (Å²) in [6.07, 6.45) is 0. The number of nitro benzene ring substituents is 1. The number of anilines is 1. The summed E-state index contributed by atoms with van der Waals surface area (Å²) in [6.45, 7) is 0.395. The predicted molar refractivity (Wildman–Crippen MR) is 98.5 cm³/mol. The summed E-state index contributed by atoms with van der Waals surface area (Å²) >= 11 is 3.52. The zero-order valence-corrected chi connectivity index (χ0v) is 14.7. The van der Waals surface area contributed by atoms with Crippen LogP contribution in [0.15, 0.2) is 48.5 Å². The molecule has 0 amide bonds. The fourth-order valence-corrected chi connectivity index (χ4v) is 3.26. The van der Waals surface area contributed by atoms with Gasteiger partial charge in [-0.15, -0.1) is 10.2 Å². The molecule has 0 spiro atoms. The van der Waals surface area contributed by atoms with Gasteiger partial charge in [0.15, 0.2) is 0 Å². The zero-order valence-electron chi connectivity index (χ0n) is 11.8. The number of nitro groups is 1. The van der Waals surface area contributed by atoms with Gasteiger partial charge in [-0.25, -0.2) is 0 Å². The van der Waals surface area contributed by atoms with Crippen molar-refractivity contribution in [3.05, 3.63) is 67.2 Å². The molecule has 0 saturated carbocycles. The first-order chi connectivity index (χ1) is 11.1. The maximum atomic E-state index is 11.1. The summed E-state index contributed by atoms with van der Waals surface area (Å²) in [4.78, 5) is 10.7. The molecule has 23 heavy (non-hydrogen) atoms. The fourth-order valence-electron chi connectivity index (χ4n) is 2.00. The number of rotatable bonds is 5. The van der Waals surface area contributed by atoms with Gasteiger partial charge in [-0.2, -0.15) is 0 Å². The topological polar surface area (TPSA) is 81.0 Å². The minimum atomic E-state index is -0.389. The van der Waals surface area contributed by atoms with Gasteiger partial charge in [0, 0.05) is 15.2 Å². The molecule has 0 saturated heterocycles. The number of benzene rings is 2. The molecule has 0 bridgehead atoms. The molecule has 1 N–H and O–H groups in total. The molecule has 8 heteroatoms. The Balaban J connectivity index is 1.75. The van der Waals surface area contributed by atoms with E-state index in [2.05, 4.69) is 38.1 Å². The van der Waals surface area contributed by atoms with Crippen molar-refractivity contribution in [1.29, 1.82) is 0 Å². The van der Waals surface area contributed by atoms with Crippen LogP contribution in [0.5, 0.6) is 0 Å². The van der Waals surface area contributed by atoms with Crippen LogP contribution >= 0.6 is 33.9 Å². The Morgan fingerprint density at radius 2 is 1.96 bits per heavy atom. The summed E-state index contributed by atoms with van der Waals surface area (Å²) < 4.78 is 0.821. The average molecular weight is 438 g/mol. The number of aromatic nitrogens is 2. The Morgan fingerprint density at radius 3 is 2.70 bits per heavy atom. The third kappa shape index (κ3) is 3.82. The minimum absolute atomic E-state index is 0.0599. The number of halogens is 1. The van der Waals surface area contributed by atoms with E-state index in [4.69, 9.17) is 0 Å². The highest BCUT2D eigenvalue weighted by Gasteiger charge is 2.14. The highest BCUT2D eigenvalue weighted by atomic mass is 127. The van der Waals surface area contributed by atoms with E-state index in [1.807, 2.05) is 36.4 Å². The molecule has 116 valence electrons. The Kier molecular flexibility index (Phi) is 4.82. The van der Waals surface area contributed by atoms with E-state index in [0.29, 0.717) is 12.2 Å². The fraction of sp³-hybridized carbons (Fsp3) is 0.0667. The van der Waals surface area contributed by atoms with E-state index in [1.165, 1.54) is 11.3 Å². The van der Waals surface area contributed by atoms with Crippen molar-refractivity contribution in [3.63, 3.8) is 0 Å². The van der Waals surface area contributed by atoms with Crippen LogP contribution in [0.25, 0.3) is 10.6 Å². The number of nitrogens with zero attached hydrogens (tertiary/aromatic N) is 3. The number of hydrogen-bond acceptors (Lipinski definition) is 6. The van der Waals surface area contributed by atoms with Gasteiger partial charge >= 0.3 is 0 Å². The van der Waals surface area contributed by atoms with Crippen molar-refractivity contribution in [2.24, 2.45) is 0 Å². The van der Waals surface area contributed by atoms with Crippen LogP contribution in [0, 0.1) is 13.7 Å². The van der Waals surface area contributed by atoms with Gasteiger partial charge < -0.3 is 5.32 Å². The molecule has 0 fully saturated rings. The first-order valence-electron chi connectivity index (χ1n) is 6.69. The van der Waals surface area contributed by atoms with Crippen LogP contribution in [0.4, 0.5) is 11.4 Å². The highest BCUT2D eigenvalue weighted by molar-refractivity contribution is 14.1. The zero-order chi connectivity index (χ0) is 16.2. The van der Waals surface area contributed by atoms with Gasteiger partial charge in [-0.3, -0.25) is 10.1 Å². The molecular weight excluding hydrogens is 427 g/mol. The molecule has 0 radical (unpaired) electrons. The van der Waals surface area contributed by atoms with E-state index < -0.39 is 0 Å². The number of nitrogens with one attached hydrogen (secondary N) is 1. The number of hydrogen-bond donors (Lipinski definition) is 1.